The van der Waals surface area contributed by atoms with Crippen molar-refractivity contribution in [1.29, 1.82) is 0 Å². The van der Waals surface area contributed by atoms with E-state index in [1.807, 2.05) is 42.5 Å². The second-order valence-electron chi connectivity index (χ2n) is 8.35. The minimum Gasteiger partial charge on any atom is -0.298 e. The highest BCUT2D eigenvalue weighted by atomic mass is 35.5. The summed E-state index contributed by atoms with van der Waals surface area (Å²) in [7, 11) is 0. The first-order valence-electron chi connectivity index (χ1n) is 11.0. The van der Waals surface area contributed by atoms with Crippen molar-refractivity contribution in [1.82, 2.24) is 10.3 Å². The number of aromatic nitrogens is 1. The lowest BCUT2D eigenvalue weighted by molar-refractivity contribution is -0.137. The molecular formula is C29H21ClF4N2. The topological polar surface area (TPSA) is 24.9 Å². The van der Waals surface area contributed by atoms with Gasteiger partial charge in [0.15, 0.2) is 0 Å². The van der Waals surface area contributed by atoms with Gasteiger partial charge in [0.25, 0.3) is 0 Å². The number of pyridine rings is 1. The van der Waals surface area contributed by atoms with Crippen LogP contribution >= 0.6 is 11.6 Å². The van der Waals surface area contributed by atoms with Gasteiger partial charge >= 0.3 is 6.18 Å². The number of rotatable bonds is 7. The standard InChI is InChI=1S/C29H21ClF4N2/c1-2-20-8-10-22(11-9-20)18-36-28(17-21-6-4-3-5-7-21,27-13-12-25(30)19-35-27)23-14-24(29(32,33)34)16-26(31)15-23/h1,3-16,19,36H,17-18H2/t28-/m0/s1. The summed E-state index contributed by atoms with van der Waals surface area (Å²) < 4.78 is 55.8. The Morgan fingerprint density at radius 1 is 0.861 bits per heavy atom. The number of nitrogens with zero attached hydrogens (tertiary/aromatic N) is 1. The average molecular weight is 509 g/mol. The van der Waals surface area contributed by atoms with Crippen molar-refractivity contribution < 1.29 is 17.6 Å². The molecule has 0 aliphatic rings. The van der Waals surface area contributed by atoms with Crippen LogP contribution in [0.1, 0.15) is 33.5 Å². The normalized spacial score (nSPS) is 13.1. The molecule has 1 heterocycles. The van der Waals surface area contributed by atoms with Crippen molar-refractivity contribution >= 4 is 11.6 Å². The van der Waals surface area contributed by atoms with Gasteiger partial charge in [-0.1, -0.05) is 60.0 Å². The lowest BCUT2D eigenvalue weighted by atomic mass is 9.79. The fourth-order valence-electron chi connectivity index (χ4n) is 4.10. The van der Waals surface area contributed by atoms with Crippen LogP contribution in [0.3, 0.4) is 0 Å². The van der Waals surface area contributed by atoms with E-state index >= 15 is 0 Å². The van der Waals surface area contributed by atoms with Gasteiger partial charge in [-0.05, 0) is 59.2 Å². The van der Waals surface area contributed by atoms with Crippen LogP contribution in [0.5, 0.6) is 0 Å². The first-order valence-corrected chi connectivity index (χ1v) is 11.4. The molecule has 0 aliphatic heterocycles. The molecule has 1 atom stereocenters. The highest BCUT2D eigenvalue weighted by molar-refractivity contribution is 6.30. The number of benzene rings is 3. The lowest BCUT2D eigenvalue weighted by Crippen LogP contribution is -2.46. The van der Waals surface area contributed by atoms with Crippen molar-refractivity contribution in [3.05, 3.63) is 135 Å². The Balaban J connectivity index is 1.91. The van der Waals surface area contributed by atoms with E-state index in [2.05, 4.69) is 16.2 Å². The smallest absolute Gasteiger partial charge is 0.298 e. The number of hydrogen-bond donors (Lipinski definition) is 1. The SMILES string of the molecule is C#Cc1ccc(CN[C@@](Cc2ccccc2)(c2cc(F)cc(C(F)(F)F)c2)c2ccc(Cl)cn2)cc1. The van der Waals surface area contributed by atoms with E-state index < -0.39 is 23.1 Å². The van der Waals surface area contributed by atoms with Crippen LogP contribution in [0.4, 0.5) is 17.6 Å². The van der Waals surface area contributed by atoms with Crippen molar-refractivity contribution in [2.24, 2.45) is 0 Å². The second-order valence-corrected chi connectivity index (χ2v) is 8.79. The maximum absolute atomic E-state index is 14.7. The molecule has 0 saturated heterocycles. The highest BCUT2D eigenvalue weighted by Crippen LogP contribution is 2.38. The van der Waals surface area contributed by atoms with Gasteiger partial charge in [-0.3, -0.25) is 10.3 Å². The largest absolute Gasteiger partial charge is 0.416 e. The van der Waals surface area contributed by atoms with Gasteiger partial charge in [0.1, 0.15) is 5.82 Å². The first-order chi connectivity index (χ1) is 17.2. The van der Waals surface area contributed by atoms with Crippen LogP contribution in [0.2, 0.25) is 5.02 Å². The number of hydrogen-bond acceptors (Lipinski definition) is 2. The van der Waals surface area contributed by atoms with Gasteiger partial charge in [-0.15, -0.1) is 6.42 Å². The third kappa shape index (κ3) is 5.76. The van der Waals surface area contributed by atoms with Crippen molar-refractivity contribution in [2.75, 3.05) is 0 Å². The molecule has 0 bridgehead atoms. The molecular weight excluding hydrogens is 488 g/mol. The van der Waals surface area contributed by atoms with E-state index in [9.17, 15) is 17.6 Å². The molecule has 0 radical (unpaired) electrons. The Hall–Kier alpha value is -3.66. The van der Waals surface area contributed by atoms with Crippen molar-refractivity contribution in [3.8, 4) is 12.3 Å². The van der Waals surface area contributed by atoms with E-state index in [4.69, 9.17) is 18.0 Å². The molecule has 1 aromatic heterocycles. The third-order valence-corrected chi connectivity index (χ3v) is 6.13. The Morgan fingerprint density at radius 2 is 1.56 bits per heavy atom. The summed E-state index contributed by atoms with van der Waals surface area (Å²) in [6, 6.07) is 22.3. The molecule has 2 nitrogen and oxygen atoms in total. The predicted octanol–water partition coefficient (Wildman–Crippen LogP) is 7.15. The zero-order valence-electron chi connectivity index (χ0n) is 19.0. The van der Waals surface area contributed by atoms with E-state index in [0.29, 0.717) is 22.3 Å². The van der Waals surface area contributed by atoms with Gasteiger partial charge in [0.2, 0.25) is 0 Å². The molecule has 0 spiro atoms. The molecule has 0 unspecified atom stereocenters. The molecule has 4 rings (SSSR count). The van der Waals surface area contributed by atoms with Crippen LogP contribution in [0, 0.1) is 18.2 Å². The Bertz CT molecular complexity index is 1360. The quantitative estimate of drug-likeness (QED) is 0.212. The van der Waals surface area contributed by atoms with Crippen LogP contribution in [-0.4, -0.2) is 4.98 Å². The minimum atomic E-state index is -4.73. The zero-order valence-corrected chi connectivity index (χ0v) is 19.7. The van der Waals surface area contributed by atoms with E-state index in [-0.39, 0.29) is 18.5 Å². The maximum Gasteiger partial charge on any atom is 0.416 e. The van der Waals surface area contributed by atoms with Gasteiger partial charge in [-0.2, -0.15) is 13.2 Å². The fraction of sp³-hybridized carbons (Fsp3) is 0.138. The fourth-order valence-corrected chi connectivity index (χ4v) is 4.21. The number of halogens is 5. The van der Waals surface area contributed by atoms with Gasteiger partial charge in [0, 0.05) is 24.7 Å². The van der Waals surface area contributed by atoms with Gasteiger partial charge in [-0.25, -0.2) is 4.39 Å². The summed E-state index contributed by atoms with van der Waals surface area (Å²) in [6.07, 6.45) is 2.34. The van der Waals surface area contributed by atoms with Crippen molar-refractivity contribution in [2.45, 2.75) is 24.7 Å². The van der Waals surface area contributed by atoms with E-state index in [1.54, 1.807) is 24.3 Å². The maximum atomic E-state index is 14.7. The van der Waals surface area contributed by atoms with E-state index in [0.717, 1.165) is 23.3 Å². The Morgan fingerprint density at radius 3 is 2.17 bits per heavy atom. The summed E-state index contributed by atoms with van der Waals surface area (Å²) in [5.74, 6) is 1.56. The molecule has 0 aliphatic carbocycles. The minimum absolute atomic E-state index is 0.0914. The summed E-state index contributed by atoms with van der Waals surface area (Å²) in [4.78, 5) is 4.46. The molecule has 182 valence electrons. The van der Waals surface area contributed by atoms with E-state index in [1.165, 1.54) is 6.20 Å². The van der Waals surface area contributed by atoms with Crippen LogP contribution in [-0.2, 0) is 24.7 Å². The number of nitrogens with one attached hydrogen (secondary N) is 1. The summed E-state index contributed by atoms with van der Waals surface area (Å²) in [6.45, 7) is 0.250. The van der Waals surface area contributed by atoms with Crippen molar-refractivity contribution in [3.63, 3.8) is 0 Å². The molecule has 1 N–H and O–H groups in total. The molecule has 7 heteroatoms. The van der Waals surface area contributed by atoms with Gasteiger partial charge in [0.05, 0.1) is 21.8 Å². The molecule has 0 fully saturated rings. The summed E-state index contributed by atoms with van der Waals surface area (Å²) >= 11 is 6.07. The lowest BCUT2D eigenvalue weighted by Gasteiger charge is -2.36. The first kappa shape index (κ1) is 25.4. The average Bonchev–Trinajstić information content (AvgIpc) is 2.87. The predicted molar refractivity (Wildman–Crippen MR) is 133 cm³/mol. The molecule has 0 saturated carbocycles. The van der Waals surface area contributed by atoms with Crippen LogP contribution < -0.4 is 5.32 Å². The second kappa shape index (κ2) is 10.5. The third-order valence-electron chi connectivity index (χ3n) is 5.91. The Kier molecular flexibility index (Phi) is 7.44. The monoisotopic (exact) mass is 508 g/mol. The molecule has 4 aromatic rings. The molecule has 3 aromatic carbocycles. The zero-order chi connectivity index (χ0) is 25.8. The molecule has 36 heavy (non-hydrogen) atoms. The van der Waals surface area contributed by atoms with Gasteiger partial charge < -0.3 is 0 Å². The summed E-state index contributed by atoms with van der Waals surface area (Å²) in [5, 5.41) is 3.77. The number of terminal acetylenes is 1. The highest BCUT2D eigenvalue weighted by Gasteiger charge is 2.39. The summed E-state index contributed by atoms with van der Waals surface area (Å²) in [5.41, 5.74) is 0.454. The van der Waals surface area contributed by atoms with Crippen LogP contribution in [0.15, 0.2) is 91.1 Å². The molecule has 0 amide bonds. The van der Waals surface area contributed by atoms with Crippen LogP contribution in [0.25, 0.3) is 0 Å². The Labute approximate surface area is 212 Å². The number of alkyl halides is 3.